The predicted molar refractivity (Wildman–Crippen MR) is 64.7 cm³/mol. The minimum atomic E-state index is -2.63. The van der Waals surface area contributed by atoms with E-state index in [9.17, 15) is 13.6 Å². The molecule has 2 aliphatic rings. The van der Waals surface area contributed by atoms with Crippen molar-refractivity contribution < 1.29 is 18.3 Å². The Labute approximate surface area is 111 Å². The molecule has 1 aromatic rings. The molecule has 1 aliphatic heterocycles. The molecule has 0 N–H and O–H groups in total. The van der Waals surface area contributed by atoms with Gasteiger partial charge >= 0.3 is 5.97 Å². The van der Waals surface area contributed by atoms with Crippen LogP contribution in [0.5, 0.6) is 0 Å². The van der Waals surface area contributed by atoms with Crippen LogP contribution in [0.1, 0.15) is 41.6 Å². The van der Waals surface area contributed by atoms with Crippen molar-refractivity contribution in [2.45, 2.75) is 37.2 Å². The first-order valence-corrected chi connectivity index (χ1v) is 6.62. The molecule has 3 rings (SSSR count). The molecule has 0 aromatic heterocycles. The van der Waals surface area contributed by atoms with Crippen molar-refractivity contribution >= 4 is 21.9 Å². The van der Waals surface area contributed by atoms with Gasteiger partial charge in [0.25, 0.3) is 0 Å². The van der Waals surface area contributed by atoms with Gasteiger partial charge in [-0.05, 0) is 31.0 Å². The molecule has 1 aromatic carbocycles. The Morgan fingerprint density at radius 2 is 1.83 bits per heavy atom. The number of carbonyl (C=O) groups is 1. The van der Waals surface area contributed by atoms with Gasteiger partial charge in [0.05, 0.1) is 5.56 Å². The zero-order valence-electron chi connectivity index (χ0n) is 9.51. The van der Waals surface area contributed by atoms with Crippen molar-refractivity contribution in [3.05, 3.63) is 33.8 Å². The number of rotatable bonds is 0. The fourth-order valence-electron chi connectivity index (χ4n) is 2.75. The molecule has 0 amide bonds. The first-order valence-electron chi connectivity index (χ1n) is 5.83. The molecule has 5 heteroatoms. The number of alkyl halides is 2. The molecular formula is C13H11BrF2O2. The van der Waals surface area contributed by atoms with Crippen molar-refractivity contribution in [3.8, 4) is 0 Å². The third-order valence-electron chi connectivity index (χ3n) is 3.77. The third kappa shape index (κ3) is 1.76. The molecule has 1 saturated carbocycles. The summed E-state index contributed by atoms with van der Waals surface area (Å²) < 4.78 is 32.7. The standard InChI is InChI=1S/C13H11BrF2O2/c14-8-1-2-9-10(7-8)12(18-11(9)17)3-5-13(15,16)6-4-12/h1-2,7H,3-6H2. The number of esters is 1. The van der Waals surface area contributed by atoms with Crippen molar-refractivity contribution in [3.63, 3.8) is 0 Å². The van der Waals surface area contributed by atoms with E-state index in [0.717, 1.165) is 10.0 Å². The molecule has 0 unspecified atom stereocenters. The van der Waals surface area contributed by atoms with Crippen LogP contribution in [-0.4, -0.2) is 11.9 Å². The van der Waals surface area contributed by atoms with Gasteiger partial charge in [0.2, 0.25) is 5.92 Å². The Morgan fingerprint density at radius 3 is 2.50 bits per heavy atom. The van der Waals surface area contributed by atoms with Crippen LogP contribution in [0.15, 0.2) is 22.7 Å². The minimum absolute atomic E-state index is 0.190. The summed E-state index contributed by atoms with van der Waals surface area (Å²) in [5, 5.41) is 0. The van der Waals surface area contributed by atoms with Gasteiger partial charge in [-0.25, -0.2) is 13.6 Å². The number of halogens is 3. The maximum absolute atomic E-state index is 13.2. The largest absolute Gasteiger partial charge is 0.451 e. The zero-order valence-corrected chi connectivity index (χ0v) is 11.1. The predicted octanol–water partition coefficient (Wildman–Crippen LogP) is 4.02. The van der Waals surface area contributed by atoms with Crippen LogP contribution < -0.4 is 0 Å². The quantitative estimate of drug-likeness (QED) is 0.676. The van der Waals surface area contributed by atoms with Crippen LogP contribution >= 0.6 is 15.9 Å². The summed E-state index contributed by atoms with van der Waals surface area (Å²) in [6.45, 7) is 0. The fraction of sp³-hybridized carbons (Fsp3) is 0.462. The minimum Gasteiger partial charge on any atom is -0.451 e. The molecule has 1 heterocycles. The van der Waals surface area contributed by atoms with Gasteiger partial charge in [-0.3, -0.25) is 0 Å². The second kappa shape index (κ2) is 3.76. The summed E-state index contributed by atoms with van der Waals surface area (Å²) in [5.74, 6) is -3.03. The monoisotopic (exact) mass is 316 g/mol. The molecule has 18 heavy (non-hydrogen) atoms. The van der Waals surface area contributed by atoms with Crippen LogP contribution in [-0.2, 0) is 10.3 Å². The van der Waals surface area contributed by atoms with Gasteiger partial charge in [-0.1, -0.05) is 15.9 Å². The Kier molecular flexibility index (Phi) is 2.52. The SMILES string of the molecule is O=C1OC2(CCC(F)(F)CC2)c2cc(Br)ccc21. The Balaban J connectivity index is 2.02. The van der Waals surface area contributed by atoms with E-state index in [1.807, 2.05) is 6.07 Å². The number of hydrogen-bond donors (Lipinski definition) is 0. The number of hydrogen-bond acceptors (Lipinski definition) is 2. The van der Waals surface area contributed by atoms with Crippen molar-refractivity contribution in [1.29, 1.82) is 0 Å². The van der Waals surface area contributed by atoms with E-state index in [0.29, 0.717) is 5.56 Å². The van der Waals surface area contributed by atoms with Gasteiger partial charge in [0.15, 0.2) is 0 Å². The van der Waals surface area contributed by atoms with Gasteiger partial charge in [0, 0.05) is 22.9 Å². The summed E-state index contributed by atoms with van der Waals surface area (Å²) in [7, 11) is 0. The van der Waals surface area contributed by atoms with Gasteiger partial charge in [-0.15, -0.1) is 0 Å². The first kappa shape index (κ1) is 12.1. The lowest BCUT2D eigenvalue weighted by atomic mass is 9.78. The average Bonchev–Trinajstić information content (AvgIpc) is 2.57. The highest BCUT2D eigenvalue weighted by Crippen LogP contribution is 2.50. The van der Waals surface area contributed by atoms with Gasteiger partial charge in [0.1, 0.15) is 5.60 Å². The summed E-state index contributed by atoms with van der Waals surface area (Å²) in [5.41, 5.74) is 0.415. The van der Waals surface area contributed by atoms with E-state index in [2.05, 4.69) is 15.9 Å². The molecule has 0 radical (unpaired) electrons. The average molecular weight is 317 g/mol. The molecule has 96 valence electrons. The summed E-state index contributed by atoms with van der Waals surface area (Å²) in [6.07, 6.45) is -0.0805. The van der Waals surface area contributed by atoms with Crippen LogP contribution in [0, 0.1) is 0 Å². The number of ether oxygens (including phenoxy) is 1. The first-order chi connectivity index (χ1) is 8.42. The highest BCUT2D eigenvalue weighted by atomic mass is 79.9. The molecule has 1 spiro atoms. The van der Waals surface area contributed by atoms with Crippen LogP contribution in [0.4, 0.5) is 8.78 Å². The number of carbonyl (C=O) groups excluding carboxylic acids is 1. The molecule has 0 bridgehead atoms. The van der Waals surface area contributed by atoms with E-state index in [1.54, 1.807) is 12.1 Å². The molecule has 0 atom stereocenters. The third-order valence-corrected chi connectivity index (χ3v) is 4.26. The topological polar surface area (TPSA) is 26.3 Å². The summed E-state index contributed by atoms with van der Waals surface area (Å²) >= 11 is 3.34. The summed E-state index contributed by atoms with van der Waals surface area (Å²) in [4.78, 5) is 11.8. The number of fused-ring (bicyclic) bond motifs is 2. The second-order valence-electron chi connectivity index (χ2n) is 4.93. The van der Waals surface area contributed by atoms with E-state index < -0.39 is 17.5 Å². The smallest absolute Gasteiger partial charge is 0.339 e. The van der Waals surface area contributed by atoms with E-state index in [-0.39, 0.29) is 25.7 Å². The maximum Gasteiger partial charge on any atom is 0.339 e. The lowest BCUT2D eigenvalue weighted by Gasteiger charge is -2.36. The highest BCUT2D eigenvalue weighted by molar-refractivity contribution is 9.10. The lowest BCUT2D eigenvalue weighted by Crippen LogP contribution is -2.36. The fourth-order valence-corrected chi connectivity index (χ4v) is 3.11. The van der Waals surface area contributed by atoms with Gasteiger partial charge < -0.3 is 4.74 Å². The molecule has 1 fully saturated rings. The second-order valence-corrected chi connectivity index (χ2v) is 5.85. The van der Waals surface area contributed by atoms with Crippen LogP contribution in [0.2, 0.25) is 0 Å². The number of benzene rings is 1. The van der Waals surface area contributed by atoms with Crippen molar-refractivity contribution in [2.75, 3.05) is 0 Å². The van der Waals surface area contributed by atoms with Crippen molar-refractivity contribution in [2.24, 2.45) is 0 Å². The van der Waals surface area contributed by atoms with Gasteiger partial charge in [-0.2, -0.15) is 0 Å². The Hall–Kier alpha value is -0.970. The lowest BCUT2D eigenvalue weighted by molar-refractivity contribution is -0.107. The Bertz CT molecular complexity index is 518. The Morgan fingerprint density at radius 1 is 1.17 bits per heavy atom. The van der Waals surface area contributed by atoms with E-state index >= 15 is 0 Å². The zero-order chi connectivity index (χ0) is 13.0. The maximum atomic E-state index is 13.2. The molecular weight excluding hydrogens is 306 g/mol. The molecule has 1 aliphatic carbocycles. The molecule has 2 nitrogen and oxygen atoms in total. The normalized spacial score (nSPS) is 23.8. The van der Waals surface area contributed by atoms with E-state index in [1.165, 1.54) is 0 Å². The van der Waals surface area contributed by atoms with Crippen LogP contribution in [0.3, 0.4) is 0 Å². The van der Waals surface area contributed by atoms with Crippen molar-refractivity contribution in [1.82, 2.24) is 0 Å². The van der Waals surface area contributed by atoms with Crippen LogP contribution in [0.25, 0.3) is 0 Å². The highest BCUT2D eigenvalue weighted by Gasteiger charge is 2.51. The molecule has 0 saturated heterocycles. The van der Waals surface area contributed by atoms with E-state index in [4.69, 9.17) is 4.74 Å². The summed E-state index contributed by atoms with van der Waals surface area (Å²) in [6, 6.07) is 5.25.